The van der Waals surface area contributed by atoms with Gasteiger partial charge in [0.1, 0.15) is 21.7 Å². The molecule has 0 fully saturated rings. The van der Waals surface area contributed by atoms with Crippen LogP contribution in [-0.4, -0.2) is 33.1 Å². The minimum atomic E-state index is -3.74. The van der Waals surface area contributed by atoms with Crippen molar-refractivity contribution < 1.29 is 22.7 Å². The van der Waals surface area contributed by atoms with Gasteiger partial charge in [-0.1, -0.05) is 35.5 Å². The number of hydrogen-bond donors (Lipinski definition) is 1. The second kappa shape index (κ2) is 10.0. The van der Waals surface area contributed by atoms with Crippen molar-refractivity contribution in [3.8, 4) is 23.8 Å². The molecule has 0 saturated heterocycles. The fourth-order valence-electron chi connectivity index (χ4n) is 3.42. The Morgan fingerprint density at radius 2 is 1.69 bits per heavy atom. The molecule has 1 amide bonds. The maximum atomic E-state index is 12.9. The van der Waals surface area contributed by atoms with Gasteiger partial charge in [-0.3, -0.25) is 9.52 Å². The summed E-state index contributed by atoms with van der Waals surface area (Å²) in [5.74, 6) is 3.27. The monoisotopic (exact) mass is 507 g/mol. The number of methoxy groups -OCH3 is 2. The van der Waals surface area contributed by atoms with E-state index in [1.165, 1.54) is 47.7 Å². The van der Waals surface area contributed by atoms with Gasteiger partial charge in [-0.2, -0.15) is 4.99 Å². The first-order chi connectivity index (χ1) is 16.9. The molecule has 0 aliphatic rings. The van der Waals surface area contributed by atoms with Crippen molar-refractivity contribution in [1.29, 1.82) is 0 Å². The van der Waals surface area contributed by atoms with Crippen LogP contribution >= 0.6 is 11.3 Å². The Kier molecular flexibility index (Phi) is 6.91. The normalized spacial score (nSPS) is 11.7. The lowest BCUT2D eigenvalue weighted by Crippen LogP contribution is -2.17. The van der Waals surface area contributed by atoms with Crippen LogP contribution in [0.1, 0.15) is 10.4 Å². The van der Waals surface area contributed by atoms with Crippen LogP contribution in [-0.2, 0) is 16.6 Å². The van der Waals surface area contributed by atoms with Crippen molar-refractivity contribution >= 4 is 43.2 Å². The first-order valence-electron chi connectivity index (χ1n) is 10.3. The highest BCUT2D eigenvalue weighted by molar-refractivity contribution is 7.92. The van der Waals surface area contributed by atoms with Gasteiger partial charge in [0.2, 0.25) is 0 Å². The number of fused-ring (bicyclic) bond motifs is 1. The maximum Gasteiger partial charge on any atom is 0.279 e. The van der Waals surface area contributed by atoms with Crippen molar-refractivity contribution in [2.45, 2.75) is 11.4 Å². The number of hydrogen-bond acceptors (Lipinski definition) is 6. The summed E-state index contributed by atoms with van der Waals surface area (Å²) in [6.07, 6.45) is 5.57. The minimum Gasteiger partial charge on any atom is -0.495 e. The number of terminal acetylenes is 1. The van der Waals surface area contributed by atoms with Crippen molar-refractivity contribution in [3.63, 3.8) is 0 Å². The number of anilines is 1. The van der Waals surface area contributed by atoms with Crippen LogP contribution < -0.4 is 19.0 Å². The number of thiazole rings is 1. The molecule has 3 aromatic carbocycles. The van der Waals surface area contributed by atoms with E-state index in [1.807, 2.05) is 0 Å². The van der Waals surface area contributed by atoms with Gasteiger partial charge in [0.15, 0.2) is 4.80 Å². The highest BCUT2D eigenvalue weighted by Crippen LogP contribution is 2.35. The Labute approximate surface area is 206 Å². The fourth-order valence-corrected chi connectivity index (χ4v) is 5.64. The lowest BCUT2D eigenvalue weighted by molar-refractivity contribution is 0.0998. The summed E-state index contributed by atoms with van der Waals surface area (Å²) in [4.78, 5) is 17.8. The van der Waals surface area contributed by atoms with E-state index >= 15 is 0 Å². The Balaban J connectivity index is 1.68. The van der Waals surface area contributed by atoms with Gasteiger partial charge in [0.25, 0.3) is 15.9 Å². The molecule has 0 aliphatic heterocycles. The van der Waals surface area contributed by atoms with Crippen LogP contribution in [0.5, 0.6) is 11.5 Å². The molecule has 8 nitrogen and oxygen atoms in total. The molecule has 1 N–H and O–H groups in total. The Bertz CT molecular complexity index is 1600. The highest BCUT2D eigenvalue weighted by atomic mass is 32.2. The minimum absolute atomic E-state index is 0.142. The number of ether oxygens (including phenoxy) is 2. The molecule has 0 atom stereocenters. The lowest BCUT2D eigenvalue weighted by Gasteiger charge is -2.08. The summed E-state index contributed by atoms with van der Waals surface area (Å²) in [6.45, 7) is 0.176. The second-order valence-corrected chi connectivity index (χ2v) is 9.90. The zero-order valence-corrected chi connectivity index (χ0v) is 20.5. The molecule has 10 heteroatoms. The number of nitrogens with one attached hydrogen (secondary N) is 1. The van der Waals surface area contributed by atoms with E-state index < -0.39 is 15.9 Å². The van der Waals surface area contributed by atoms with Crippen LogP contribution in [0.4, 0.5) is 5.69 Å². The Hall–Kier alpha value is -4.07. The van der Waals surface area contributed by atoms with Gasteiger partial charge in [0, 0.05) is 11.3 Å². The van der Waals surface area contributed by atoms with Crippen LogP contribution in [0, 0.1) is 12.3 Å². The molecular weight excluding hydrogens is 486 g/mol. The number of carbonyl (C=O) groups is 1. The molecule has 35 heavy (non-hydrogen) atoms. The number of amides is 1. The highest BCUT2D eigenvalue weighted by Gasteiger charge is 2.17. The first kappa shape index (κ1) is 24.1. The molecule has 0 aliphatic carbocycles. The summed E-state index contributed by atoms with van der Waals surface area (Å²) in [5, 5.41) is 0. The third-order valence-electron chi connectivity index (χ3n) is 5.08. The zero-order valence-electron chi connectivity index (χ0n) is 18.9. The third-order valence-corrected chi connectivity index (χ3v) is 7.57. The van der Waals surface area contributed by atoms with Gasteiger partial charge in [-0.15, -0.1) is 6.42 Å². The van der Waals surface area contributed by atoms with E-state index in [2.05, 4.69) is 15.6 Å². The molecule has 0 bridgehead atoms. The average Bonchev–Trinajstić information content (AvgIpc) is 3.22. The Morgan fingerprint density at radius 1 is 1.03 bits per heavy atom. The predicted octanol–water partition coefficient (Wildman–Crippen LogP) is 3.90. The van der Waals surface area contributed by atoms with Gasteiger partial charge < -0.3 is 14.0 Å². The van der Waals surface area contributed by atoms with Crippen LogP contribution in [0.25, 0.3) is 10.2 Å². The smallest absolute Gasteiger partial charge is 0.279 e. The molecule has 0 radical (unpaired) electrons. The molecule has 0 spiro atoms. The van der Waals surface area contributed by atoms with Gasteiger partial charge in [-0.25, -0.2) is 8.42 Å². The van der Waals surface area contributed by atoms with Gasteiger partial charge in [-0.05, 0) is 48.5 Å². The van der Waals surface area contributed by atoms with Crippen molar-refractivity contribution in [1.82, 2.24) is 4.57 Å². The van der Waals surface area contributed by atoms with E-state index in [0.717, 1.165) is 4.70 Å². The summed E-state index contributed by atoms with van der Waals surface area (Å²) in [5.41, 5.74) is 1.30. The summed E-state index contributed by atoms with van der Waals surface area (Å²) < 4.78 is 40.9. The molecular formula is C25H21N3O5S2. The third kappa shape index (κ3) is 4.91. The Morgan fingerprint density at radius 3 is 2.31 bits per heavy atom. The first-order valence-corrected chi connectivity index (χ1v) is 12.6. The summed E-state index contributed by atoms with van der Waals surface area (Å²) in [6, 6.07) is 17.6. The van der Waals surface area contributed by atoms with Crippen LogP contribution in [0.2, 0.25) is 0 Å². The van der Waals surface area contributed by atoms with E-state index in [9.17, 15) is 13.2 Å². The van der Waals surface area contributed by atoms with Gasteiger partial charge >= 0.3 is 0 Å². The molecule has 178 valence electrons. The van der Waals surface area contributed by atoms with Crippen molar-refractivity contribution in [2.24, 2.45) is 4.99 Å². The quantitative estimate of drug-likeness (QED) is 0.383. The topological polar surface area (TPSA) is 99.0 Å². The second-order valence-electron chi connectivity index (χ2n) is 7.24. The number of benzene rings is 3. The number of rotatable bonds is 7. The van der Waals surface area contributed by atoms with Gasteiger partial charge in [0.05, 0.1) is 25.7 Å². The maximum absolute atomic E-state index is 12.9. The van der Waals surface area contributed by atoms with Crippen LogP contribution in [0.3, 0.4) is 0 Å². The number of aromatic nitrogens is 1. The van der Waals surface area contributed by atoms with E-state index in [1.54, 1.807) is 49.1 Å². The average molecular weight is 508 g/mol. The SMILES string of the molecule is C#CCn1c(=NC(=O)c2ccc(NS(=O)(=O)c3ccccc3)cc2)sc2c(OC)ccc(OC)c21. The number of sulfonamides is 1. The van der Waals surface area contributed by atoms with Crippen molar-refractivity contribution in [2.75, 3.05) is 18.9 Å². The summed E-state index contributed by atoms with van der Waals surface area (Å²) >= 11 is 1.26. The molecule has 1 heterocycles. The summed E-state index contributed by atoms with van der Waals surface area (Å²) in [7, 11) is -0.630. The zero-order chi connectivity index (χ0) is 25.0. The van der Waals surface area contributed by atoms with Crippen molar-refractivity contribution in [3.05, 3.63) is 77.1 Å². The standard InChI is InChI=1S/C25H21N3O5S2/c1-4-16-28-22-20(32-2)14-15-21(33-3)23(22)34-25(28)26-24(29)17-10-12-18(13-11-17)27-35(30,31)19-8-6-5-7-9-19/h1,5-15,27H,16H2,2-3H3. The molecule has 4 aromatic rings. The predicted molar refractivity (Wildman–Crippen MR) is 135 cm³/mol. The molecule has 1 aromatic heterocycles. The van der Waals surface area contributed by atoms with E-state index in [-0.39, 0.29) is 17.0 Å². The molecule has 4 rings (SSSR count). The van der Waals surface area contributed by atoms with E-state index in [0.29, 0.717) is 27.5 Å². The molecule has 0 saturated carbocycles. The lowest BCUT2D eigenvalue weighted by atomic mass is 10.2. The number of carbonyl (C=O) groups excluding carboxylic acids is 1. The van der Waals surface area contributed by atoms with Crippen LogP contribution in [0.15, 0.2) is 76.6 Å². The number of nitrogens with zero attached hydrogens (tertiary/aromatic N) is 2. The van der Waals surface area contributed by atoms with E-state index in [4.69, 9.17) is 15.9 Å². The largest absolute Gasteiger partial charge is 0.495 e. The molecule has 0 unspecified atom stereocenters. The fraction of sp³-hybridized carbons (Fsp3) is 0.120.